The number of aliphatic hydroxyl groups is 1. The highest BCUT2D eigenvalue weighted by Crippen LogP contribution is 2.40. The van der Waals surface area contributed by atoms with Gasteiger partial charge in [0, 0.05) is 50.0 Å². The maximum Gasteiger partial charge on any atom is 0.491 e. The zero-order valence-electron chi connectivity index (χ0n) is 32.3. The number of aliphatic hydroxyl groups excluding tert-OH is 1. The Morgan fingerprint density at radius 1 is 0.949 bits per heavy atom. The van der Waals surface area contributed by atoms with Crippen LogP contribution >= 0.6 is 0 Å². The number of nitrogens with zero attached hydrogens (tertiary/aromatic N) is 4. The van der Waals surface area contributed by atoms with Crippen LogP contribution in [0.4, 0.5) is 22.0 Å². The number of ether oxygens (including phenoxy) is 1. The van der Waals surface area contributed by atoms with Crippen LogP contribution in [0.1, 0.15) is 70.3 Å². The van der Waals surface area contributed by atoms with Crippen molar-refractivity contribution in [3.8, 4) is 11.3 Å². The van der Waals surface area contributed by atoms with Crippen LogP contribution in [-0.2, 0) is 40.0 Å². The average molecular weight is 834 g/mol. The summed E-state index contributed by atoms with van der Waals surface area (Å²) in [6.07, 6.45) is -4.09. The number of hydrogen-bond donors (Lipinski definition) is 4. The van der Waals surface area contributed by atoms with Gasteiger partial charge in [-0.2, -0.15) is 13.2 Å². The molecule has 318 valence electrons. The van der Waals surface area contributed by atoms with Gasteiger partial charge in [-0.05, 0) is 48.4 Å². The number of amides is 5. The summed E-state index contributed by atoms with van der Waals surface area (Å²) in [6, 6.07) is 8.60. The Morgan fingerprint density at radius 3 is 2.24 bits per heavy atom. The molecule has 1 aromatic heterocycles. The van der Waals surface area contributed by atoms with Crippen LogP contribution in [0.5, 0.6) is 0 Å². The SMILES string of the molecule is CC(C)(C)[C@H](c1nc(-c2cc(F)ccc2F)cn1Cc1ccccc1)N(CC[C@H](N)C(=O)NNC(=O)CCCCCN1C(=O)C=CC1=O)C(=O)C(O)OC(=O)C(F)(F)F. The van der Waals surface area contributed by atoms with Crippen LogP contribution < -0.4 is 16.6 Å². The van der Waals surface area contributed by atoms with Crippen molar-refractivity contribution in [2.24, 2.45) is 11.1 Å². The number of imidazole rings is 1. The molecule has 0 fully saturated rings. The van der Waals surface area contributed by atoms with Gasteiger partial charge in [0.1, 0.15) is 17.5 Å². The molecular weight excluding hydrogens is 789 g/mol. The fourth-order valence-electron chi connectivity index (χ4n) is 6.18. The van der Waals surface area contributed by atoms with Crippen LogP contribution in [-0.4, -0.2) is 91.6 Å². The quantitative estimate of drug-likeness (QED) is 0.0389. The second-order valence-corrected chi connectivity index (χ2v) is 14.7. The van der Waals surface area contributed by atoms with Crippen molar-refractivity contribution in [3.63, 3.8) is 0 Å². The van der Waals surface area contributed by atoms with Gasteiger partial charge in [0.25, 0.3) is 29.9 Å². The summed E-state index contributed by atoms with van der Waals surface area (Å²) in [4.78, 5) is 80.7. The third-order valence-corrected chi connectivity index (χ3v) is 9.06. The van der Waals surface area contributed by atoms with Gasteiger partial charge < -0.3 is 25.0 Å². The summed E-state index contributed by atoms with van der Waals surface area (Å²) in [5.74, 6) is -8.43. The highest BCUT2D eigenvalue weighted by molar-refractivity contribution is 6.12. The predicted molar refractivity (Wildman–Crippen MR) is 198 cm³/mol. The minimum Gasteiger partial charge on any atom is -0.419 e. The van der Waals surface area contributed by atoms with E-state index in [1.807, 2.05) is 0 Å². The number of esters is 1. The van der Waals surface area contributed by atoms with Crippen molar-refractivity contribution in [2.45, 2.75) is 84.0 Å². The molecule has 0 spiro atoms. The molecule has 59 heavy (non-hydrogen) atoms. The molecule has 4 rings (SSSR count). The number of benzene rings is 2. The summed E-state index contributed by atoms with van der Waals surface area (Å²) in [5, 5.41) is 10.6. The molecule has 5 amide bonds. The molecule has 3 aromatic rings. The van der Waals surface area contributed by atoms with Crippen LogP contribution in [0, 0.1) is 17.0 Å². The number of carbonyl (C=O) groups is 6. The Labute approximate surface area is 335 Å². The van der Waals surface area contributed by atoms with Crippen LogP contribution in [0.2, 0.25) is 0 Å². The van der Waals surface area contributed by atoms with Crippen molar-refractivity contribution in [1.29, 1.82) is 0 Å². The molecule has 0 saturated carbocycles. The number of unbranched alkanes of at least 4 members (excludes halogenated alkanes) is 2. The van der Waals surface area contributed by atoms with Gasteiger partial charge in [-0.25, -0.2) is 18.6 Å². The van der Waals surface area contributed by atoms with E-state index < -0.39 is 90.1 Å². The van der Waals surface area contributed by atoms with Gasteiger partial charge >= 0.3 is 12.1 Å². The normalized spacial score (nSPS) is 14.5. The lowest BCUT2D eigenvalue weighted by molar-refractivity contribution is -0.222. The van der Waals surface area contributed by atoms with Crippen molar-refractivity contribution in [1.82, 2.24) is 30.2 Å². The number of hydrogen-bond acceptors (Lipinski definition) is 10. The summed E-state index contributed by atoms with van der Waals surface area (Å²) in [6.45, 7) is 4.47. The summed E-state index contributed by atoms with van der Waals surface area (Å²) >= 11 is 0. The topological polar surface area (TPSA) is 206 Å². The maximum absolute atomic E-state index is 15.1. The smallest absolute Gasteiger partial charge is 0.419 e. The van der Waals surface area contributed by atoms with Crippen molar-refractivity contribution < 1.29 is 60.6 Å². The van der Waals surface area contributed by atoms with Gasteiger partial charge in [-0.1, -0.05) is 57.5 Å². The molecule has 0 radical (unpaired) electrons. The molecular formula is C39H44F5N7O8. The van der Waals surface area contributed by atoms with E-state index in [0.717, 1.165) is 40.2 Å². The fraction of sp³-hybridized carbons (Fsp3) is 0.410. The first kappa shape index (κ1) is 45.7. The lowest BCUT2D eigenvalue weighted by Crippen LogP contribution is -2.52. The zero-order valence-corrected chi connectivity index (χ0v) is 32.3. The van der Waals surface area contributed by atoms with Crippen molar-refractivity contribution >= 4 is 35.5 Å². The Kier molecular flexibility index (Phi) is 15.2. The number of halogens is 5. The van der Waals surface area contributed by atoms with Crippen LogP contribution in [0.25, 0.3) is 11.3 Å². The molecule has 15 nitrogen and oxygen atoms in total. The van der Waals surface area contributed by atoms with Crippen LogP contribution in [0.15, 0.2) is 66.9 Å². The highest BCUT2D eigenvalue weighted by Gasteiger charge is 2.46. The number of nitrogens with two attached hydrogens (primary N) is 1. The number of carbonyl (C=O) groups excluding carboxylic acids is 6. The van der Waals surface area contributed by atoms with Gasteiger partial charge in [-0.3, -0.25) is 39.7 Å². The molecule has 2 heterocycles. The standard InChI is InChI=1S/C39H44F5N7O8/c1-38(2,3)32(33-46-28(25-20-24(40)13-14-26(25)41)22-49(33)21-23-10-6-4-7-11-23)51(35(56)36(57)59-37(58)39(42,43)44)19-17-27(45)34(55)48-47-29(52)12-8-5-9-18-50-30(53)15-16-31(50)54/h4,6-7,10-11,13-16,20,22,27,32,36,57H,5,8-9,12,17-19,21,45H2,1-3H3,(H,47,52)(H,48,55)/t27-,32-,36?/m0/s1. The van der Waals surface area contributed by atoms with E-state index in [1.165, 1.54) is 10.8 Å². The molecule has 1 aliphatic heterocycles. The first-order valence-electron chi connectivity index (χ1n) is 18.4. The summed E-state index contributed by atoms with van der Waals surface area (Å²) < 4.78 is 74.4. The Morgan fingerprint density at radius 2 is 1.61 bits per heavy atom. The van der Waals surface area contributed by atoms with E-state index in [-0.39, 0.29) is 36.6 Å². The maximum atomic E-state index is 15.1. The van der Waals surface area contributed by atoms with E-state index in [2.05, 4.69) is 20.6 Å². The first-order valence-corrected chi connectivity index (χ1v) is 18.4. The number of rotatable bonds is 17. The Hall–Kier alpha value is -6.02. The third-order valence-electron chi connectivity index (χ3n) is 9.06. The summed E-state index contributed by atoms with van der Waals surface area (Å²) in [7, 11) is 0. The second kappa shape index (κ2) is 19.6. The van der Waals surface area contributed by atoms with Gasteiger partial charge in [0.2, 0.25) is 5.91 Å². The van der Waals surface area contributed by atoms with E-state index in [0.29, 0.717) is 24.8 Å². The zero-order chi connectivity index (χ0) is 43.7. The molecule has 3 atom stereocenters. The highest BCUT2D eigenvalue weighted by atomic mass is 19.4. The molecule has 2 aromatic carbocycles. The molecule has 0 saturated heterocycles. The number of imide groups is 1. The van der Waals surface area contributed by atoms with Gasteiger partial charge in [0.05, 0.1) is 17.8 Å². The number of hydrazine groups is 1. The molecule has 20 heteroatoms. The van der Waals surface area contributed by atoms with E-state index >= 15 is 4.39 Å². The second-order valence-electron chi connectivity index (χ2n) is 14.7. The largest absolute Gasteiger partial charge is 0.491 e. The Bertz CT molecular complexity index is 2030. The lowest BCUT2D eigenvalue weighted by Gasteiger charge is -2.40. The average Bonchev–Trinajstić information content (AvgIpc) is 3.72. The van der Waals surface area contributed by atoms with Crippen molar-refractivity contribution in [3.05, 3.63) is 89.9 Å². The van der Waals surface area contributed by atoms with E-state index in [1.54, 1.807) is 51.1 Å². The van der Waals surface area contributed by atoms with Crippen LogP contribution in [0.3, 0.4) is 0 Å². The summed E-state index contributed by atoms with van der Waals surface area (Å²) in [5.41, 5.74) is 9.70. The first-order chi connectivity index (χ1) is 27.7. The molecule has 1 aliphatic rings. The van der Waals surface area contributed by atoms with Crippen molar-refractivity contribution in [2.75, 3.05) is 13.1 Å². The molecule has 5 N–H and O–H groups in total. The minimum atomic E-state index is -5.58. The van der Waals surface area contributed by atoms with E-state index in [4.69, 9.17) is 5.73 Å². The molecule has 0 aliphatic carbocycles. The minimum absolute atomic E-state index is 0.0108. The third kappa shape index (κ3) is 12.5. The monoisotopic (exact) mass is 833 g/mol. The fourth-order valence-corrected chi connectivity index (χ4v) is 6.18. The molecule has 1 unspecified atom stereocenters. The van der Waals surface area contributed by atoms with Gasteiger partial charge in [-0.15, -0.1) is 0 Å². The number of alkyl halides is 3. The lowest BCUT2D eigenvalue weighted by atomic mass is 9.84. The Balaban J connectivity index is 1.57. The molecule has 0 bridgehead atoms. The van der Waals surface area contributed by atoms with Gasteiger partial charge in [0.15, 0.2) is 0 Å². The predicted octanol–water partition coefficient (Wildman–Crippen LogP) is 3.57. The van der Waals surface area contributed by atoms with E-state index in [9.17, 15) is 51.4 Å². The number of nitrogens with one attached hydrogen (secondary N) is 2. The number of aromatic nitrogens is 2.